The third-order valence-corrected chi connectivity index (χ3v) is 4.37. The van der Waals surface area contributed by atoms with Crippen LogP contribution in [0.3, 0.4) is 0 Å². The van der Waals surface area contributed by atoms with Gasteiger partial charge in [-0.3, -0.25) is 14.5 Å². The molecule has 1 saturated heterocycles. The Kier molecular flexibility index (Phi) is 4.91. The Morgan fingerprint density at radius 3 is 2.38 bits per heavy atom. The van der Waals surface area contributed by atoms with Gasteiger partial charge in [0.25, 0.3) is 0 Å². The Balaban J connectivity index is 1.94. The van der Waals surface area contributed by atoms with Gasteiger partial charge in [0.2, 0.25) is 11.8 Å². The van der Waals surface area contributed by atoms with Gasteiger partial charge in [-0.15, -0.1) is 0 Å². The van der Waals surface area contributed by atoms with Crippen molar-refractivity contribution in [2.24, 2.45) is 23.0 Å². The van der Waals surface area contributed by atoms with Crippen molar-refractivity contribution >= 4 is 11.8 Å². The van der Waals surface area contributed by atoms with Crippen LogP contribution in [0.25, 0.3) is 0 Å². The van der Waals surface area contributed by atoms with Gasteiger partial charge in [-0.25, -0.2) is 0 Å². The lowest BCUT2D eigenvalue weighted by Crippen LogP contribution is -2.54. The molecule has 0 radical (unpaired) electrons. The van der Waals surface area contributed by atoms with Crippen molar-refractivity contribution in [3.63, 3.8) is 0 Å². The van der Waals surface area contributed by atoms with Crippen LogP contribution in [0.2, 0.25) is 0 Å². The number of piperidine rings is 1. The average molecular weight is 295 g/mol. The fraction of sp³-hybridized carbons (Fsp3) is 0.875. The van der Waals surface area contributed by atoms with E-state index in [1.165, 1.54) is 19.3 Å². The number of carbonyl (C=O) groups is 2. The predicted molar refractivity (Wildman–Crippen MR) is 82.5 cm³/mol. The predicted octanol–water partition coefficient (Wildman–Crippen LogP) is 1.12. The first-order valence-electron chi connectivity index (χ1n) is 8.05. The molecule has 1 heterocycles. The second-order valence-corrected chi connectivity index (χ2v) is 7.86. The van der Waals surface area contributed by atoms with E-state index < -0.39 is 0 Å². The highest BCUT2D eigenvalue weighted by Gasteiger charge is 2.34. The fourth-order valence-corrected chi connectivity index (χ4v) is 3.15. The molecule has 1 aliphatic heterocycles. The van der Waals surface area contributed by atoms with E-state index in [1.807, 2.05) is 20.8 Å². The van der Waals surface area contributed by atoms with E-state index in [-0.39, 0.29) is 23.3 Å². The van der Waals surface area contributed by atoms with Gasteiger partial charge in [-0.1, -0.05) is 33.6 Å². The molecule has 2 fully saturated rings. The minimum absolute atomic E-state index is 0.0820. The van der Waals surface area contributed by atoms with Gasteiger partial charge in [-0.05, 0) is 24.7 Å². The van der Waals surface area contributed by atoms with Crippen molar-refractivity contribution in [2.75, 3.05) is 19.6 Å². The van der Waals surface area contributed by atoms with E-state index in [0.717, 1.165) is 25.4 Å². The normalized spacial score (nSPS) is 27.4. The lowest BCUT2D eigenvalue weighted by Gasteiger charge is -2.38. The summed E-state index contributed by atoms with van der Waals surface area (Å²) in [6.07, 6.45) is 4.92. The van der Waals surface area contributed by atoms with Crippen LogP contribution in [0.4, 0.5) is 0 Å². The molecule has 0 aromatic heterocycles. The topological polar surface area (TPSA) is 75.4 Å². The molecular weight excluding hydrogens is 266 g/mol. The zero-order chi connectivity index (χ0) is 15.6. The standard InChI is InChI=1S/C16H29N3O2/c1-16(2,3)15(21)18-13-7-12(6-11-4-5-11)8-19(9-13)10-14(17)20/h11-13H,4-10H2,1-3H3,(H2,17,20)(H,18,21). The van der Waals surface area contributed by atoms with Gasteiger partial charge in [-0.2, -0.15) is 0 Å². The monoisotopic (exact) mass is 295 g/mol. The van der Waals surface area contributed by atoms with E-state index in [2.05, 4.69) is 10.2 Å². The highest BCUT2D eigenvalue weighted by molar-refractivity contribution is 5.81. The van der Waals surface area contributed by atoms with Crippen molar-refractivity contribution in [1.29, 1.82) is 0 Å². The number of likely N-dealkylation sites (tertiary alicyclic amines) is 1. The number of nitrogens with one attached hydrogen (secondary N) is 1. The number of hydrogen-bond donors (Lipinski definition) is 2. The Morgan fingerprint density at radius 2 is 1.86 bits per heavy atom. The molecule has 1 saturated carbocycles. The van der Waals surface area contributed by atoms with Crippen LogP contribution in [-0.2, 0) is 9.59 Å². The van der Waals surface area contributed by atoms with Crippen LogP contribution in [-0.4, -0.2) is 42.4 Å². The first-order chi connectivity index (χ1) is 9.74. The van der Waals surface area contributed by atoms with Crippen LogP contribution in [0, 0.1) is 17.3 Å². The molecule has 120 valence electrons. The van der Waals surface area contributed by atoms with Crippen LogP contribution in [0.15, 0.2) is 0 Å². The summed E-state index contributed by atoms with van der Waals surface area (Å²) in [6.45, 7) is 7.73. The van der Waals surface area contributed by atoms with E-state index >= 15 is 0 Å². The fourth-order valence-electron chi connectivity index (χ4n) is 3.15. The van der Waals surface area contributed by atoms with E-state index in [9.17, 15) is 9.59 Å². The summed E-state index contributed by atoms with van der Waals surface area (Å²) < 4.78 is 0. The zero-order valence-corrected chi connectivity index (χ0v) is 13.5. The molecule has 2 aliphatic rings. The number of hydrogen-bond acceptors (Lipinski definition) is 3. The molecule has 0 aromatic rings. The molecule has 1 aliphatic carbocycles. The molecule has 5 heteroatoms. The van der Waals surface area contributed by atoms with Gasteiger partial charge in [0.15, 0.2) is 0 Å². The van der Waals surface area contributed by atoms with Crippen molar-refractivity contribution in [1.82, 2.24) is 10.2 Å². The average Bonchev–Trinajstić information content (AvgIpc) is 3.10. The molecule has 3 N–H and O–H groups in total. The zero-order valence-electron chi connectivity index (χ0n) is 13.5. The van der Waals surface area contributed by atoms with Crippen molar-refractivity contribution in [3.8, 4) is 0 Å². The molecule has 2 unspecified atom stereocenters. The first kappa shape index (κ1) is 16.3. The van der Waals surface area contributed by atoms with Gasteiger partial charge < -0.3 is 11.1 Å². The van der Waals surface area contributed by atoms with Crippen LogP contribution >= 0.6 is 0 Å². The van der Waals surface area contributed by atoms with E-state index in [4.69, 9.17) is 5.73 Å². The smallest absolute Gasteiger partial charge is 0.231 e. The highest BCUT2D eigenvalue weighted by Crippen LogP contribution is 2.37. The van der Waals surface area contributed by atoms with Crippen LogP contribution in [0.5, 0.6) is 0 Å². The number of carbonyl (C=O) groups excluding carboxylic acids is 2. The number of nitrogens with zero attached hydrogens (tertiary/aromatic N) is 1. The maximum Gasteiger partial charge on any atom is 0.231 e. The lowest BCUT2D eigenvalue weighted by atomic mass is 9.88. The minimum Gasteiger partial charge on any atom is -0.369 e. The van der Waals surface area contributed by atoms with Gasteiger partial charge >= 0.3 is 0 Å². The molecule has 2 amide bonds. The molecule has 0 bridgehead atoms. The number of rotatable bonds is 5. The molecular formula is C16H29N3O2. The molecule has 0 aromatic carbocycles. The Hall–Kier alpha value is -1.10. The van der Waals surface area contributed by atoms with E-state index in [1.54, 1.807) is 0 Å². The minimum atomic E-state index is -0.377. The Labute approximate surface area is 127 Å². The molecule has 2 rings (SSSR count). The summed E-state index contributed by atoms with van der Waals surface area (Å²) in [7, 11) is 0. The number of amides is 2. The Morgan fingerprint density at radius 1 is 1.19 bits per heavy atom. The van der Waals surface area contributed by atoms with Crippen molar-refractivity contribution < 1.29 is 9.59 Å². The highest BCUT2D eigenvalue weighted by atomic mass is 16.2. The van der Waals surface area contributed by atoms with Crippen molar-refractivity contribution in [3.05, 3.63) is 0 Å². The molecule has 0 spiro atoms. The summed E-state index contributed by atoms with van der Waals surface area (Å²) in [4.78, 5) is 25.5. The third kappa shape index (κ3) is 5.30. The molecule has 21 heavy (non-hydrogen) atoms. The summed E-state index contributed by atoms with van der Waals surface area (Å²) >= 11 is 0. The summed E-state index contributed by atoms with van der Waals surface area (Å²) in [5, 5.41) is 3.15. The SMILES string of the molecule is CC(C)(C)C(=O)NC1CC(CC2CC2)CN(CC(N)=O)C1. The third-order valence-electron chi connectivity index (χ3n) is 4.37. The van der Waals surface area contributed by atoms with E-state index in [0.29, 0.717) is 12.5 Å². The Bertz CT molecular complexity index is 399. The molecule has 2 atom stereocenters. The van der Waals surface area contributed by atoms with Gasteiger partial charge in [0.05, 0.1) is 6.54 Å². The number of primary amides is 1. The van der Waals surface area contributed by atoms with Crippen LogP contribution < -0.4 is 11.1 Å². The van der Waals surface area contributed by atoms with Gasteiger partial charge in [0.1, 0.15) is 0 Å². The largest absolute Gasteiger partial charge is 0.369 e. The summed E-state index contributed by atoms with van der Waals surface area (Å²) in [5.74, 6) is 1.22. The second kappa shape index (κ2) is 6.34. The van der Waals surface area contributed by atoms with Gasteiger partial charge in [0, 0.05) is 24.5 Å². The number of nitrogens with two attached hydrogens (primary N) is 1. The van der Waals surface area contributed by atoms with Crippen molar-refractivity contribution in [2.45, 2.75) is 52.5 Å². The van der Waals surface area contributed by atoms with Crippen LogP contribution in [0.1, 0.15) is 46.5 Å². The maximum absolute atomic E-state index is 12.2. The second-order valence-electron chi connectivity index (χ2n) is 7.86. The quantitative estimate of drug-likeness (QED) is 0.798. The lowest BCUT2D eigenvalue weighted by molar-refractivity contribution is -0.129. The summed E-state index contributed by atoms with van der Waals surface area (Å²) in [6, 6.07) is 0.133. The first-order valence-corrected chi connectivity index (χ1v) is 8.05. The summed E-state index contributed by atoms with van der Waals surface area (Å²) in [5.41, 5.74) is 4.95. The maximum atomic E-state index is 12.2. The molecule has 5 nitrogen and oxygen atoms in total.